The number of hydrogen-bond donors (Lipinski definition) is 0. The first-order valence-corrected chi connectivity index (χ1v) is 6.42. The molecule has 1 aliphatic carbocycles. The molecule has 2 aliphatic rings. The summed E-state index contributed by atoms with van der Waals surface area (Å²) in [4.78, 5) is 6.64. The molecule has 0 bridgehead atoms. The Morgan fingerprint density at radius 2 is 2.18 bits per heavy atom. The van der Waals surface area contributed by atoms with E-state index in [0.29, 0.717) is 16.1 Å². The third-order valence-corrected chi connectivity index (χ3v) is 4.18. The monoisotopic (exact) mass is 247 g/mol. The van der Waals surface area contributed by atoms with Crippen LogP contribution >= 0.6 is 11.6 Å². The Morgan fingerprint density at radius 3 is 2.88 bits per heavy atom. The van der Waals surface area contributed by atoms with Crippen LogP contribution in [0.2, 0.25) is 5.02 Å². The fraction of sp³-hybridized carbons (Fsp3) is 0.538. The Balaban J connectivity index is 1.86. The molecule has 1 saturated heterocycles. The Labute approximate surface area is 106 Å². The second-order valence-corrected chi connectivity index (χ2v) is 5.54. The van der Waals surface area contributed by atoms with Crippen LogP contribution in [0.1, 0.15) is 31.4 Å². The SMILES string of the molecule is N#Cc1nc(N2CCCC3(CC3)C2)ccc1Cl. The highest BCUT2D eigenvalue weighted by Crippen LogP contribution is 2.52. The van der Waals surface area contributed by atoms with Gasteiger partial charge in [-0.3, -0.25) is 0 Å². The van der Waals surface area contributed by atoms with Crippen molar-refractivity contribution in [3.63, 3.8) is 0 Å². The lowest BCUT2D eigenvalue weighted by Gasteiger charge is -2.33. The minimum absolute atomic E-state index is 0.333. The zero-order chi connectivity index (χ0) is 11.9. The van der Waals surface area contributed by atoms with E-state index in [1.54, 1.807) is 6.07 Å². The Morgan fingerprint density at radius 1 is 1.35 bits per heavy atom. The maximum atomic E-state index is 8.94. The summed E-state index contributed by atoms with van der Waals surface area (Å²) in [5, 5.41) is 9.38. The Bertz CT molecular complexity index is 488. The molecule has 1 spiro atoms. The van der Waals surface area contributed by atoms with Gasteiger partial charge in [0.1, 0.15) is 11.9 Å². The first-order valence-electron chi connectivity index (χ1n) is 6.04. The molecule has 0 amide bonds. The van der Waals surface area contributed by atoms with E-state index >= 15 is 0 Å². The van der Waals surface area contributed by atoms with Crippen LogP contribution in [-0.4, -0.2) is 18.1 Å². The minimum atomic E-state index is 0.333. The minimum Gasteiger partial charge on any atom is -0.356 e. The molecule has 3 rings (SSSR count). The fourth-order valence-electron chi connectivity index (χ4n) is 2.67. The molecule has 1 aromatic heterocycles. The summed E-state index contributed by atoms with van der Waals surface area (Å²) >= 11 is 5.90. The zero-order valence-corrected chi connectivity index (χ0v) is 10.4. The van der Waals surface area contributed by atoms with Gasteiger partial charge in [0.05, 0.1) is 5.02 Å². The van der Waals surface area contributed by atoms with E-state index in [1.807, 2.05) is 12.1 Å². The summed E-state index contributed by atoms with van der Waals surface area (Å²) in [6.07, 6.45) is 5.28. The number of nitrogens with zero attached hydrogens (tertiary/aromatic N) is 3. The molecule has 1 aromatic rings. The van der Waals surface area contributed by atoms with Crippen LogP contribution in [0.3, 0.4) is 0 Å². The van der Waals surface area contributed by atoms with Gasteiger partial charge in [0.25, 0.3) is 0 Å². The van der Waals surface area contributed by atoms with Crippen molar-refractivity contribution in [3.05, 3.63) is 22.8 Å². The van der Waals surface area contributed by atoms with Gasteiger partial charge in [-0.15, -0.1) is 0 Å². The Kier molecular flexibility index (Phi) is 2.48. The van der Waals surface area contributed by atoms with E-state index in [0.717, 1.165) is 18.9 Å². The fourth-order valence-corrected chi connectivity index (χ4v) is 2.82. The van der Waals surface area contributed by atoms with Crippen molar-refractivity contribution in [3.8, 4) is 6.07 Å². The average Bonchev–Trinajstić information content (AvgIpc) is 3.09. The van der Waals surface area contributed by atoms with Crippen LogP contribution in [0, 0.1) is 16.7 Å². The molecule has 0 radical (unpaired) electrons. The third kappa shape index (κ3) is 1.98. The van der Waals surface area contributed by atoms with Gasteiger partial charge in [-0.05, 0) is 43.2 Å². The number of rotatable bonds is 1. The number of hydrogen-bond acceptors (Lipinski definition) is 3. The van der Waals surface area contributed by atoms with Crippen molar-refractivity contribution < 1.29 is 0 Å². The van der Waals surface area contributed by atoms with Gasteiger partial charge in [-0.2, -0.15) is 5.26 Å². The highest BCUT2D eigenvalue weighted by molar-refractivity contribution is 6.31. The first kappa shape index (κ1) is 10.9. The van der Waals surface area contributed by atoms with E-state index in [4.69, 9.17) is 16.9 Å². The highest BCUT2D eigenvalue weighted by atomic mass is 35.5. The van der Waals surface area contributed by atoms with E-state index in [9.17, 15) is 0 Å². The Hall–Kier alpha value is -1.27. The summed E-state index contributed by atoms with van der Waals surface area (Å²) in [7, 11) is 0. The molecule has 1 saturated carbocycles. The zero-order valence-electron chi connectivity index (χ0n) is 9.62. The largest absolute Gasteiger partial charge is 0.356 e. The lowest BCUT2D eigenvalue weighted by molar-refractivity contribution is 0.393. The van der Waals surface area contributed by atoms with Crippen LogP contribution in [0.15, 0.2) is 12.1 Å². The molecule has 2 fully saturated rings. The van der Waals surface area contributed by atoms with Gasteiger partial charge >= 0.3 is 0 Å². The van der Waals surface area contributed by atoms with Crippen molar-refractivity contribution in [2.45, 2.75) is 25.7 Å². The summed E-state index contributed by atoms with van der Waals surface area (Å²) in [6, 6.07) is 5.74. The van der Waals surface area contributed by atoms with Crippen molar-refractivity contribution in [1.29, 1.82) is 5.26 Å². The van der Waals surface area contributed by atoms with Gasteiger partial charge in [-0.1, -0.05) is 11.6 Å². The molecule has 17 heavy (non-hydrogen) atoms. The molecule has 88 valence electrons. The maximum absolute atomic E-state index is 8.94. The van der Waals surface area contributed by atoms with Gasteiger partial charge in [0, 0.05) is 13.1 Å². The topological polar surface area (TPSA) is 39.9 Å². The van der Waals surface area contributed by atoms with Crippen molar-refractivity contribution in [2.24, 2.45) is 5.41 Å². The number of anilines is 1. The van der Waals surface area contributed by atoms with E-state index in [1.165, 1.54) is 25.7 Å². The van der Waals surface area contributed by atoms with Gasteiger partial charge in [0.15, 0.2) is 5.69 Å². The second-order valence-electron chi connectivity index (χ2n) is 5.14. The molecule has 2 heterocycles. The normalized spacial score (nSPS) is 21.3. The third-order valence-electron chi connectivity index (χ3n) is 3.88. The number of piperidine rings is 1. The molecule has 0 aromatic carbocycles. The van der Waals surface area contributed by atoms with E-state index < -0.39 is 0 Å². The second kappa shape index (κ2) is 3.89. The van der Waals surface area contributed by atoms with E-state index in [-0.39, 0.29) is 0 Å². The van der Waals surface area contributed by atoms with Crippen LogP contribution in [0.5, 0.6) is 0 Å². The molecule has 1 aliphatic heterocycles. The van der Waals surface area contributed by atoms with E-state index in [2.05, 4.69) is 9.88 Å². The quantitative estimate of drug-likeness (QED) is 0.766. The number of halogens is 1. The lowest BCUT2D eigenvalue weighted by Crippen LogP contribution is -2.37. The molecule has 0 N–H and O–H groups in total. The molecular formula is C13H14ClN3. The summed E-state index contributed by atoms with van der Waals surface area (Å²) < 4.78 is 0. The summed E-state index contributed by atoms with van der Waals surface area (Å²) in [6.45, 7) is 2.13. The molecule has 0 unspecified atom stereocenters. The summed E-state index contributed by atoms with van der Waals surface area (Å²) in [5.74, 6) is 0.900. The van der Waals surface area contributed by atoms with Crippen molar-refractivity contribution >= 4 is 17.4 Å². The predicted molar refractivity (Wildman–Crippen MR) is 67.1 cm³/mol. The van der Waals surface area contributed by atoms with Crippen LogP contribution in [-0.2, 0) is 0 Å². The van der Waals surface area contributed by atoms with Gasteiger partial charge in [-0.25, -0.2) is 4.98 Å². The molecular weight excluding hydrogens is 234 g/mol. The maximum Gasteiger partial charge on any atom is 0.161 e. The average molecular weight is 248 g/mol. The van der Waals surface area contributed by atoms with Crippen molar-refractivity contribution in [2.75, 3.05) is 18.0 Å². The molecule has 3 nitrogen and oxygen atoms in total. The van der Waals surface area contributed by atoms with Crippen molar-refractivity contribution in [1.82, 2.24) is 4.98 Å². The van der Waals surface area contributed by atoms with Crippen LogP contribution < -0.4 is 4.90 Å². The molecule has 4 heteroatoms. The number of aromatic nitrogens is 1. The van der Waals surface area contributed by atoms with Gasteiger partial charge < -0.3 is 4.90 Å². The molecule has 0 atom stereocenters. The smallest absolute Gasteiger partial charge is 0.161 e. The standard InChI is InChI=1S/C13H14ClN3/c14-10-2-3-12(16-11(10)8-15)17-7-1-4-13(9-17)5-6-13/h2-3H,1,4-7,9H2. The first-order chi connectivity index (χ1) is 8.22. The lowest BCUT2D eigenvalue weighted by atomic mass is 9.95. The highest BCUT2D eigenvalue weighted by Gasteiger charge is 2.45. The van der Waals surface area contributed by atoms with Crippen LogP contribution in [0.25, 0.3) is 0 Å². The number of nitriles is 1. The summed E-state index contributed by atoms with van der Waals surface area (Å²) in [5.41, 5.74) is 0.895. The van der Waals surface area contributed by atoms with Crippen LogP contribution in [0.4, 0.5) is 5.82 Å². The van der Waals surface area contributed by atoms with Gasteiger partial charge in [0.2, 0.25) is 0 Å². The predicted octanol–water partition coefficient (Wildman–Crippen LogP) is 2.99. The number of pyridine rings is 1.